The fourth-order valence-corrected chi connectivity index (χ4v) is 3.47. The highest BCUT2D eigenvalue weighted by molar-refractivity contribution is 14.1. The second-order valence-corrected chi connectivity index (χ2v) is 6.50. The molecular weight excluding hydrogens is 362 g/mol. The van der Waals surface area contributed by atoms with E-state index < -0.39 is 0 Å². The molecule has 1 aliphatic rings. The van der Waals surface area contributed by atoms with Crippen molar-refractivity contribution < 1.29 is 4.39 Å². The van der Waals surface area contributed by atoms with Crippen LogP contribution in [0.1, 0.15) is 57.1 Å². The lowest BCUT2D eigenvalue weighted by atomic mass is 9.90. The van der Waals surface area contributed by atoms with Gasteiger partial charge in [0.15, 0.2) is 0 Å². The van der Waals surface area contributed by atoms with Crippen molar-refractivity contribution in [2.45, 2.75) is 52.4 Å². The quantitative estimate of drug-likeness (QED) is 0.524. The second-order valence-electron chi connectivity index (χ2n) is 5.42. The Morgan fingerprint density at radius 1 is 1.05 bits per heavy atom. The first-order valence-electron chi connectivity index (χ1n) is 7.53. The van der Waals surface area contributed by atoms with Crippen molar-refractivity contribution in [2.24, 2.45) is 0 Å². The van der Waals surface area contributed by atoms with Crippen LogP contribution in [0.3, 0.4) is 0 Å². The van der Waals surface area contributed by atoms with Crippen molar-refractivity contribution in [3.8, 4) is 0 Å². The molecule has 0 bridgehead atoms. The Hall–Kier alpha value is -0.640. The van der Waals surface area contributed by atoms with Gasteiger partial charge in [0.05, 0.1) is 3.57 Å². The van der Waals surface area contributed by atoms with E-state index in [-0.39, 0.29) is 5.82 Å². The van der Waals surface area contributed by atoms with E-state index in [0.717, 1.165) is 46.0 Å². The summed E-state index contributed by atoms with van der Waals surface area (Å²) in [5.74, 6) is -0.0323. The molecule has 0 atom stereocenters. The molecule has 20 heavy (non-hydrogen) atoms. The van der Waals surface area contributed by atoms with Gasteiger partial charge in [-0.25, -0.2) is 4.39 Å². The first-order chi connectivity index (χ1) is 9.67. The van der Waals surface area contributed by atoms with Crippen LogP contribution in [0.4, 0.5) is 4.39 Å². The number of aryl methyl sites for hydroxylation is 1. The summed E-state index contributed by atoms with van der Waals surface area (Å²) < 4.78 is 15.3. The van der Waals surface area contributed by atoms with Crippen molar-refractivity contribution in [3.63, 3.8) is 0 Å². The number of hydrogen-bond acceptors (Lipinski definition) is 0. The van der Waals surface area contributed by atoms with E-state index in [2.05, 4.69) is 54.7 Å². The van der Waals surface area contributed by atoms with Crippen molar-refractivity contribution in [1.82, 2.24) is 0 Å². The molecule has 1 aromatic rings. The molecule has 0 saturated carbocycles. The minimum Gasteiger partial charge on any atom is -0.205 e. The molecule has 1 aromatic carbocycles. The van der Waals surface area contributed by atoms with Crippen molar-refractivity contribution in [2.75, 3.05) is 0 Å². The molecular formula is C18H22FI. The van der Waals surface area contributed by atoms with Gasteiger partial charge < -0.3 is 0 Å². The first kappa shape index (κ1) is 15.7. The summed E-state index contributed by atoms with van der Waals surface area (Å²) in [5.41, 5.74) is 4.56. The summed E-state index contributed by atoms with van der Waals surface area (Å²) in [7, 11) is 0. The molecule has 0 radical (unpaired) electrons. The highest BCUT2D eigenvalue weighted by Crippen LogP contribution is 2.32. The fraction of sp³-hybridized carbons (Fsp3) is 0.444. The fourth-order valence-electron chi connectivity index (χ4n) is 2.73. The maximum atomic E-state index is 14.5. The molecule has 0 unspecified atom stereocenters. The van der Waals surface area contributed by atoms with Crippen LogP contribution < -0.4 is 0 Å². The SMILES string of the molecule is CCCC1=CC=C(c2ccc(CCC)c(I)c2F)CC1. The minimum absolute atomic E-state index is 0.0323. The van der Waals surface area contributed by atoms with E-state index in [4.69, 9.17) is 0 Å². The average Bonchev–Trinajstić information content (AvgIpc) is 2.46. The van der Waals surface area contributed by atoms with Crippen molar-refractivity contribution in [1.29, 1.82) is 0 Å². The van der Waals surface area contributed by atoms with Gasteiger partial charge >= 0.3 is 0 Å². The van der Waals surface area contributed by atoms with Crippen LogP contribution in [0.25, 0.3) is 5.57 Å². The Bertz CT molecular complexity index is 541. The van der Waals surface area contributed by atoms with Gasteiger partial charge in [-0.05, 0) is 59.4 Å². The second kappa shape index (κ2) is 7.39. The maximum absolute atomic E-state index is 14.5. The van der Waals surface area contributed by atoms with Crippen LogP contribution in [0, 0.1) is 9.39 Å². The van der Waals surface area contributed by atoms with Crippen LogP contribution >= 0.6 is 22.6 Å². The molecule has 2 heteroatoms. The molecule has 108 valence electrons. The lowest BCUT2D eigenvalue weighted by Crippen LogP contribution is -2.01. The standard InChI is InChI=1S/C18H22FI/c1-3-5-13-7-9-14(10-8-13)16-12-11-15(6-4-2)18(20)17(16)19/h7,9,11-12H,3-6,8,10H2,1-2H3. The Balaban J connectivity index is 2.28. The Morgan fingerprint density at radius 2 is 1.80 bits per heavy atom. The summed E-state index contributed by atoms with van der Waals surface area (Å²) in [6.45, 7) is 4.33. The molecule has 0 aromatic heterocycles. The molecule has 0 amide bonds. The van der Waals surface area contributed by atoms with Crippen LogP contribution in [-0.2, 0) is 6.42 Å². The monoisotopic (exact) mass is 384 g/mol. The highest BCUT2D eigenvalue weighted by Gasteiger charge is 2.15. The van der Waals surface area contributed by atoms with E-state index in [0.29, 0.717) is 0 Å². The van der Waals surface area contributed by atoms with Crippen molar-refractivity contribution >= 4 is 28.2 Å². The molecule has 0 nitrogen and oxygen atoms in total. The number of halogens is 2. The number of rotatable bonds is 5. The Kier molecular flexibility index (Phi) is 5.82. The largest absolute Gasteiger partial charge is 0.205 e. The molecule has 2 rings (SSSR count). The third-order valence-corrected chi connectivity index (χ3v) is 5.00. The van der Waals surface area contributed by atoms with E-state index >= 15 is 0 Å². The summed E-state index contributed by atoms with van der Waals surface area (Å²) in [6, 6.07) is 4.06. The van der Waals surface area contributed by atoms with Gasteiger partial charge in [-0.2, -0.15) is 0 Å². The lowest BCUT2D eigenvalue weighted by Gasteiger charge is -2.16. The maximum Gasteiger partial charge on any atom is 0.144 e. The van der Waals surface area contributed by atoms with Crippen LogP contribution in [0.2, 0.25) is 0 Å². The first-order valence-corrected chi connectivity index (χ1v) is 8.61. The molecule has 0 heterocycles. The van der Waals surface area contributed by atoms with E-state index in [1.54, 1.807) is 0 Å². The molecule has 0 aliphatic heterocycles. The molecule has 0 N–H and O–H groups in total. The minimum atomic E-state index is -0.0323. The summed E-state index contributed by atoms with van der Waals surface area (Å²) in [4.78, 5) is 0. The van der Waals surface area contributed by atoms with Crippen LogP contribution in [0.15, 0.2) is 29.9 Å². The van der Waals surface area contributed by atoms with Gasteiger partial charge in [0.25, 0.3) is 0 Å². The summed E-state index contributed by atoms with van der Waals surface area (Å²) >= 11 is 2.15. The van der Waals surface area contributed by atoms with E-state index in [1.807, 2.05) is 6.07 Å². The Labute approximate surface area is 135 Å². The van der Waals surface area contributed by atoms with Gasteiger partial charge in [0, 0.05) is 5.56 Å². The zero-order chi connectivity index (χ0) is 14.5. The van der Waals surface area contributed by atoms with E-state index in [1.165, 1.54) is 18.4 Å². The topological polar surface area (TPSA) is 0 Å². The Morgan fingerprint density at radius 3 is 2.40 bits per heavy atom. The number of hydrogen-bond donors (Lipinski definition) is 0. The highest BCUT2D eigenvalue weighted by atomic mass is 127. The van der Waals surface area contributed by atoms with Crippen LogP contribution in [-0.4, -0.2) is 0 Å². The third kappa shape index (κ3) is 3.51. The summed E-state index contributed by atoms with van der Waals surface area (Å²) in [5, 5.41) is 0. The van der Waals surface area contributed by atoms with Gasteiger partial charge in [-0.1, -0.05) is 56.5 Å². The van der Waals surface area contributed by atoms with Gasteiger partial charge in [0.2, 0.25) is 0 Å². The smallest absolute Gasteiger partial charge is 0.144 e. The number of allylic oxidation sites excluding steroid dienone is 4. The predicted molar refractivity (Wildman–Crippen MR) is 93.3 cm³/mol. The molecule has 0 saturated heterocycles. The normalized spacial score (nSPS) is 15.0. The van der Waals surface area contributed by atoms with Crippen molar-refractivity contribution in [3.05, 3.63) is 50.4 Å². The lowest BCUT2D eigenvalue weighted by molar-refractivity contribution is 0.611. The summed E-state index contributed by atoms with van der Waals surface area (Å²) in [6.07, 6.45) is 10.7. The van der Waals surface area contributed by atoms with E-state index in [9.17, 15) is 4.39 Å². The number of benzene rings is 1. The molecule has 0 fully saturated rings. The average molecular weight is 384 g/mol. The van der Waals surface area contributed by atoms with Gasteiger partial charge in [0.1, 0.15) is 5.82 Å². The van der Waals surface area contributed by atoms with Gasteiger partial charge in [-0.15, -0.1) is 0 Å². The third-order valence-electron chi connectivity index (χ3n) is 3.83. The predicted octanol–water partition coefficient (Wildman–Crippen LogP) is 6.29. The van der Waals surface area contributed by atoms with Crippen LogP contribution in [0.5, 0.6) is 0 Å². The van der Waals surface area contributed by atoms with Gasteiger partial charge in [-0.3, -0.25) is 0 Å². The zero-order valence-electron chi connectivity index (χ0n) is 12.3. The zero-order valence-corrected chi connectivity index (χ0v) is 14.5. The molecule has 1 aliphatic carbocycles. The molecule has 0 spiro atoms.